The third-order valence-corrected chi connectivity index (χ3v) is 4.17. The molecule has 8 heteroatoms. The Morgan fingerprint density at radius 3 is 2.54 bits per heavy atom. The van der Waals surface area contributed by atoms with Crippen molar-refractivity contribution in [3.05, 3.63) is 76.0 Å². The zero-order chi connectivity index (χ0) is 20.1. The van der Waals surface area contributed by atoms with E-state index in [1.807, 2.05) is 0 Å². The molecule has 1 atom stereocenters. The number of nitrogens with one attached hydrogen (secondary N) is 2. The number of H-pyrrole nitrogens is 1. The highest BCUT2D eigenvalue weighted by Crippen LogP contribution is 2.14. The molecule has 0 aliphatic rings. The van der Waals surface area contributed by atoms with Crippen LogP contribution in [0.2, 0.25) is 0 Å². The minimum atomic E-state index is -1.05. The minimum Gasteiger partial charge on any atom is -0.448 e. The summed E-state index contributed by atoms with van der Waals surface area (Å²) in [4.78, 5) is 36.3. The molecule has 0 fully saturated rings. The number of aromatic amines is 1. The van der Waals surface area contributed by atoms with E-state index >= 15 is 0 Å². The molecule has 0 aliphatic heterocycles. The van der Waals surface area contributed by atoms with Gasteiger partial charge >= 0.3 is 5.97 Å². The fourth-order valence-electron chi connectivity index (χ4n) is 2.67. The van der Waals surface area contributed by atoms with Crippen molar-refractivity contribution >= 4 is 22.6 Å². The molecule has 0 bridgehead atoms. The molecule has 0 radical (unpaired) electrons. The largest absolute Gasteiger partial charge is 0.448 e. The highest BCUT2D eigenvalue weighted by Gasteiger charge is 2.22. The van der Waals surface area contributed by atoms with E-state index in [1.54, 1.807) is 36.4 Å². The van der Waals surface area contributed by atoms with Crippen LogP contribution < -0.4 is 10.9 Å². The van der Waals surface area contributed by atoms with Crippen molar-refractivity contribution in [2.45, 2.75) is 19.4 Å². The standard InChI is InChI=1S/C20H18FN3O4/c1-12(18(25)22-11-10-13-6-8-14(21)9-7-13)28-20(27)17-15-4-2-3-5-16(15)19(26)24-23-17/h2-9,12H,10-11H2,1H3,(H,22,25)(H,24,26)/t12-/m1/s1. The van der Waals surface area contributed by atoms with Crippen LogP contribution in [0.5, 0.6) is 0 Å². The second kappa shape index (κ2) is 8.43. The van der Waals surface area contributed by atoms with Crippen molar-refractivity contribution in [2.75, 3.05) is 6.54 Å². The van der Waals surface area contributed by atoms with E-state index in [0.717, 1.165) is 5.56 Å². The summed E-state index contributed by atoms with van der Waals surface area (Å²) in [5, 5.41) is 9.32. The van der Waals surface area contributed by atoms with Gasteiger partial charge in [0.05, 0.1) is 5.39 Å². The van der Waals surface area contributed by atoms with Crippen molar-refractivity contribution in [1.82, 2.24) is 15.5 Å². The number of halogens is 1. The van der Waals surface area contributed by atoms with Gasteiger partial charge in [0.15, 0.2) is 11.8 Å². The van der Waals surface area contributed by atoms with E-state index in [-0.39, 0.29) is 11.5 Å². The summed E-state index contributed by atoms with van der Waals surface area (Å²) in [6, 6.07) is 12.5. The van der Waals surface area contributed by atoms with Crippen LogP contribution in [-0.4, -0.2) is 34.7 Å². The summed E-state index contributed by atoms with van der Waals surface area (Å²) < 4.78 is 18.1. The highest BCUT2D eigenvalue weighted by molar-refractivity contribution is 6.02. The third kappa shape index (κ3) is 4.40. The number of hydrogen-bond donors (Lipinski definition) is 2. The lowest BCUT2D eigenvalue weighted by Crippen LogP contribution is -2.37. The summed E-state index contributed by atoms with van der Waals surface area (Å²) >= 11 is 0. The van der Waals surface area contributed by atoms with Crippen molar-refractivity contribution in [2.24, 2.45) is 0 Å². The normalized spacial score (nSPS) is 11.8. The number of nitrogens with zero attached hydrogens (tertiary/aromatic N) is 1. The quantitative estimate of drug-likeness (QED) is 0.634. The molecule has 1 aromatic heterocycles. The zero-order valence-corrected chi connectivity index (χ0v) is 15.1. The Balaban J connectivity index is 1.59. The fourth-order valence-corrected chi connectivity index (χ4v) is 2.67. The van der Waals surface area contributed by atoms with Crippen LogP contribution in [0.4, 0.5) is 4.39 Å². The lowest BCUT2D eigenvalue weighted by Gasteiger charge is -2.13. The minimum absolute atomic E-state index is 0.0684. The van der Waals surface area contributed by atoms with Gasteiger partial charge in [-0.05, 0) is 37.1 Å². The maximum absolute atomic E-state index is 12.9. The second-order valence-electron chi connectivity index (χ2n) is 6.16. The topological polar surface area (TPSA) is 101 Å². The van der Waals surface area contributed by atoms with Gasteiger partial charge in [-0.15, -0.1) is 0 Å². The van der Waals surface area contributed by atoms with E-state index in [9.17, 15) is 18.8 Å². The Bertz CT molecular complexity index is 1060. The summed E-state index contributed by atoms with van der Waals surface area (Å²) in [5.41, 5.74) is 0.384. The number of esters is 1. The summed E-state index contributed by atoms with van der Waals surface area (Å²) in [7, 11) is 0. The van der Waals surface area contributed by atoms with Crippen LogP contribution in [0.1, 0.15) is 23.0 Å². The number of carbonyl (C=O) groups excluding carboxylic acids is 2. The number of benzene rings is 2. The molecule has 2 N–H and O–H groups in total. The lowest BCUT2D eigenvalue weighted by molar-refractivity contribution is -0.129. The molecule has 1 heterocycles. The van der Waals surface area contributed by atoms with Gasteiger partial charge in [-0.3, -0.25) is 9.59 Å². The highest BCUT2D eigenvalue weighted by atomic mass is 19.1. The van der Waals surface area contributed by atoms with Crippen LogP contribution in [0.15, 0.2) is 53.3 Å². The SMILES string of the molecule is C[C@@H](OC(=O)c1n[nH]c(=O)c2ccccc12)C(=O)NCCc1ccc(F)cc1. The Labute approximate surface area is 159 Å². The van der Waals surface area contributed by atoms with Crippen molar-refractivity contribution in [3.8, 4) is 0 Å². The predicted molar refractivity (Wildman–Crippen MR) is 100 cm³/mol. The average molecular weight is 383 g/mol. The molecule has 28 heavy (non-hydrogen) atoms. The molecule has 1 amide bonds. The molecule has 3 rings (SSSR count). The molecule has 3 aromatic rings. The summed E-state index contributed by atoms with van der Waals surface area (Å²) in [5.74, 6) is -1.60. The van der Waals surface area contributed by atoms with Crippen LogP contribution >= 0.6 is 0 Å². The van der Waals surface area contributed by atoms with Gasteiger partial charge in [0, 0.05) is 11.9 Å². The van der Waals surface area contributed by atoms with Gasteiger partial charge in [-0.1, -0.05) is 30.3 Å². The number of rotatable bonds is 6. The van der Waals surface area contributed by atoms with Gasteiger partial charge in [0.25, 0.3) is 11.5 Å². The second-order valence-corrected chi connectivity index (χ2v) is 6.16. The van der Waals surface area contributed by atoms with Crippen molar-refractivity contribution < 1.29 is 18.7 Å². The number of hydrogen-bond acceptors (Lipinski definition) is 5. The molecular formula is C20H18FN3O4. The summed E-state index contributed by atoms with van der Waals surface area (Å²) in [6.45, 7) is 1.76. The van der Waals surface area contributed by atoms with Crippen molar-refractivity contribution in [3.63, 3.8) is 0 Å². The Hall–Kier alpha value is -3.55. The number of carbonyl (C=O) groups is 2. The molecule has 0 aliphatic carbocycles. The number of fused-ring (bicyclic) bond motifs is 1. The van der Waals surface area contributed by atoms with E-state index in [1.165, 1.54) is 19.1 Å². The monoisotopic (exact) mass is 383 g/mol. The van der Waals surface area contributed by atoms with Gasteiger partial charge in [0.1, 0.15) is 5.82 Å². The van der Waals surface area contributed by atoms with Gasteiger partial charge < -0.3 is 10.1 Å². The van der Waals surface area contributed by atoms with E-state index in [0.29, 0.717) is 23.7 Å². The van der Waals surface area contributed by atoms with Gasteiger partial charge in [-0.2, -0.15) is 5.10 Å². The van der Waals surface area contributed by atoms with Crippen molar-refractivity contribution in [1.29, 1.82) is 0 Å². The molecule has 0 spiro atoms. The van der Waals surface area contributed by atoms with Crippen LogP contribution in [-0.2, 0) is 16.0 Å². The Kier molecular flexibility index (Phi) is 5.78. The molecule has 7 nitrogen and oxygen atoms in total. The predicted octanol–water partition coefficient (Wildman–Crippen LogP) is 1.97. The lowest BCUT2D eigenvalue weighted by atomic mass is 10.1. The first-order chi connectivity index (χ1) is 13.5. The van der Waals surface area contributed by atoms with E-state index in [4.69, 9.17) is 4.74 Å². The molecular weight excluding hydrogens is 365 g/mol. The molecule has 144 valence electrons. The summed E-state index contributed by atoms with van der Waals surface area (Å²) in [6.07, 6.45) is -0.535. The number of amides is 1. The molecule has 0 saturated carbocycles. The smallest absolute Gasteiger partial charge is 0.360 e. The molecule has 2 aromatic carbocycles. The average Bonchev–Trinajstić information content (AvgIpc) is 2.69. The molecule has 0 unspecified atom stereocenters. The fraction of sp³-hybridized carbons (Fsp3) is 0.200. The Morgan fingerprint density at radius 2 is 1.82 bits per heavy atom. The number of aromatic nitrogens is 2. The van der Waals surface area contributed by atoms with Gasteiger partial charge in [-0.25, -0.2) is 14.3 Å². The third-order valence-electron chi connectivity index (χ3n) is 4.17. The molecule has 0 saturated heterocycles. The first-order valence-corrected chi connectivity index (χ1v) is 8.66. The van der Waals surface area contributed by atoms with Gasteiger partial charge in [0.2, 0.25) is 0 Å². The van der Waals surface area contributed by atoms with E-state index in [2.05, 4.69) is 15.5 Å². The maximum atomic E-state index is 12.9. The van der Waals surface area contributed by atoms with E-state index < -0.39 is 23.5 Å². The first kappa shape index (κ1) is 19.2. The number of ether oxygens (including phenoxy) is 1. The first-order valence-electron chi connectivity index (χ1n) is 8.66. The van der Waals surface area contributed by atoms with Crippen LogP contribution in [0.25, 0.3) is 10.8 Å². The zero-order valence-electron chi connectivity index (χ0n) is 15.1. The van der Waals surface area contributed by atoms with Crippen LogP contribution in [0, 0.1) is 5.82 Å². The van der Waals surface area contributed by atoms with Crippen LogP contribution in [0.3, 0.4) is 0 Å². The Morgan fingerprint density at radius 1 is 1.14 bits per heavy atom. The maximum Gasteiger partial charge on any atom is 0.360 e.